The highest BCUT2D eigenvalue weighted by molar-refractivity contribution is 5.64. The lowest BCUT2D eigenvalue weighted by atomic mass is 9.78. The van der Waals surface area contributed by atoms with Gasteiger partial charge in [-0.1, -0.05) is 25.8 Å². The second kappa shape index (κ2) is 9.03. The van der Waals surface area contributed by atoms with Crippen LogP contribution < -0.4 is 10.6 Å². The van der Waals surface area contributed by atoms with Gasteiger partial charge in [0, 0.05) is 23.6 Å². The van der Waals surface area contributed by atoms with Crippen LogP contribution in [0, 0.1) is 26.7 Å². The minimum absolute atomic E-state index is 0.0829. The van der Waals surface area contributed by atoms with Crippen molar-refractivity contribution >= 4 is 23.3 Å². The van der Waals surface area contributed by atoms with Gasteiger partial charge in [-0.15, -0.1) is 0 Å². The van der Waals surface area contributed by atoms with E-state index in [0.717, 1.165) is 29.1 Å². The Balaban J connectivity index is 1.60. The third-order valence-electron chi connectivity index (χ3n) is 6.36. The molecule has 9 heteroatoms. The lowest BCUT2D eigenvalue weighted by Gasteiger charge is -2.28. The number of alkyl halides is 3. The van der Waals surface area contributed by atoms with Crippen LogP contribution in [0.2, 0.25) is 0 Å². The van der Waals surface area contributed by atoms with Crippen molar-refractivity contribution in [2.75, 3.05) is 10.6 Å². The van der Waals surface area contributed by atoms with E-state index >= 15 is 0 Å². The molecule has 2 heterocycles. The Morgan fingerprint density at radius 2 is 1.70 bits per heavy atom. The first kappa shape index (κ1) is 23.1. The van der Waals surface area contributed by atoms with Gasteiger partial charge in [-0.25, -0.2) is 4.98 Å². The standard InChI is InChI=1S/C24H29F3N6/c1-13-5-7-17(8-6-13)18-9-15(3)20(10-14(18)2)29-23-28-12-19(24(25,26)27)22(31-23)30-21-11-16(4)32-33-21/h9-13,17H,5-8H2,1-4H3,(H3,28,29,30,31,32,33)/t13-,17+. The minimum Gasteiger partial charge on any atom is -0.324 e. The topological polar surface area (TPSA) is 78.5 Å². The summed E-state index contributed by atoms with van der Waals surface area (Å²) >= 11 is 0. The number of H-pyrrole nitrogens is 1. The molecule has 33 heavy (non-hydrogen) atoms. The Labute approximate surface area is 191 Å². The van der Waals surface area contributed by atoms with Crippen molar-refractivity contribution in [3.8, 4) is 0 Å². The summed E-state index contributed by atoms with van der Waals surface area (Å²) in [5.74, 6) is 1.33. The molecule has 4 rings (SSSR count). The molecule has 1 saturated carbocycles. The van der Waals surface area contributed by atoms with Crippen LogP contribution in [-0.2, 0) is 6.18 Å². The normalized spacial score (nSPS) is 18.9. The van der Waals surface area contributed by atoms with Crippen molar-refractivity contribution in [2.45, 2.75) is 65.5 Å². The number of nitrogens with zero attached hydrogens (tertiary/aromatic N) is 3. The Morgan fingerprint density at radius 1 is 0.970 bits per heavy atom. The van der Waals surface area contributed by atoms with Gasteiger partial charge in [-0.05, 0) is 68.2 Å². The average molecular weight is 459 g/mol. The summed E-state index contributed by atoms with van der Waals surface area (Å²) in [6.45, 7) is 8.14. The van der Waals surface area contributed by atoms with E-state index in [0.29, 0.717) is 5.92 Å². The summed E-state index contributed by atoms with van der Waals surface area (Å²) in [5.41, 5.74) is 4.08. The third-order valence-corrected chi connectivity index (χ3v) is 6.36. The Kier molecular flexibility index (Phi) is 6.32. The highest BCUT2D eigenvalue weighted by Gasteiger charge is 2.35. The molecule has 176 valence electrons. The summed E-state index contributed by atoms with van der Waals surface area (Å²) in [5, 5.41) is 12.4. The Bertz CT molecular complexity index is 1130. The van der Waals surface area contributed by atoms with Gasteiger partial charge >= 0.3 is 6.18 Å². The Morgan fingerprint density at radius 3 is 2.33 bits per heavy atom. The van der Waals surface area contributed by atoms with Gasteiger partial charge in [-0.3, -0.25) is 5.10 Å². The van der Waals surface area contributed by atoms with Crippen LogP contribution in [0.5, 0.6) is 0 Å². The molecular weight excluding hydrogens is 429 g/mol. The zero-order chi connectivity index (χ0) is 23.8. The van der Waals surface area contributed by atoms with Crippen molar-refractivity contribution in [1.82, 2.24) is 20.2 Å². The van der Waals surface area contributed by atoms with E-state index in [-0.39, 0.29) is 17.6 Å². The first-order valence-electron chi connectivity index (χ1n) is 11.2. The highest BCUT2D eigenvalue weighted by atomic mass is 19.4. The lowest BCUT2D eigenvalue weighted by molar-refractivity contribution is -0.137. The maximum Gasteiger partial charge on any atom is 0.421 e. The lowest BCUT2D eigenvalue weighted by Crippen LogP contribution is -2.13. The molecule has 0 bridgehead atoms. The van der Waals surface area contributed by atoms with E-state index in [1.54, 1.807) is 13.0 Å². The highest BCUT2D eigenvalue weighted by Crippen LogP contribution is 2.39. The van der Waals surface area contributed by atoms with Crippen LogP contribution in [0.3, 0.4) is 0 Å². The Hall–Kier alpha value is -3.10. The number of aromatic amines is 1. The molecule has 0 saturated heterocycles. The van der Waals surface area contributed by atoms with Crippen molar-refractivity contribution in [1.29, 1.82) is 0 Å². The smallest absolute Gasteiger partial charge is 0.324 e. The van der Waals surface area contributed by atoms with Crippen LogP contribution in [0.1, 0.15) is 66.5 Å². The van der Waals surface area contributed by atoms with Crippen LogP contribution >= 0.6 is 0 Å². The number of aromatic nitrogens is 4. The number of nitrogens with one attached hydrogen (secondary N) is 3. The molecule has 1 aromatic carbocycles. The second-order valence-corrected chi connectivity index (χ2v) is 9.12. The maximum absolute atomic E-state index is 13.5. The molecule has 0 unspecified atom stereocenters. The number of anilines is 4. The van der Waals surface area contributed by atoms with E-state index in [1.807, 2.05) is 13.0 Å². The van der Waals surface area contributed by atoms with E-state index in [9.17, 15) is 13.2 Å². The number of hydrogen-bond acceptors (Lipinski definition) is 5. The molecule has 0 spiro atoms. The zero-order valence-electron chi connectivity index (χ0n) is 19.3. The number of rotatable bonds is 5. The van der Waals surface area contributed by atoms with Gasteiger partial charge in [-0.2, -0.15) is 23.3 Å². The van der Waals surface area contributed by atoms with Crippen LogP contribution in [0.4, 0.5) is 36.4 Å². The van der Waals surface area contributed by atoms with Gasteiger partial charge < -0.3 is 10.6 Å². The summed E-state index contributed by atoms with van der Waals surface area (Å²) < 4.78 is 40.5. The molecule has 0 amide bonds. The van der Waals surface area contributed by atoms with Crippen LogP contribution in [-0.4, -0.2) is 20.2 Å². The summed E-state index contributed by atoms with van der Waals surface area (Å²) in [4.78, 5) is 8.05. The van der Waals surface area contributed by atoms with Crippen LogP contribution in [0.15, 0.2) is 24.4 Å². The molecule has 0 atom stereocenters. The van der Waals surface area contributed by atoms with Crippen molar-refractivity contribution in [3.05, 3.63) is 52.3 Å². The molecule has 1 aliphatic rings. The zero-order valence-corrected chi connectivity index (χ0v) is 19.3. The molecule has 6 nitrogen and oxygen atoms in total. The van der Waals surface area contributed by atoms with E-state index in [1.165, 1.54) is 36.8 Å². The van der Waals surface area contributed by atoms with Gasteiger partial charge in [0.2, 0.25) is 5.95 Å². The molecule has 1 aliphatic carbocycles. The number of benzene rings is 1. The summed E-state index contributed by atoms with van der Waals surface area (Å²) in [6.07, 6.45) is 1.06. The third kappa shape index (κ3) is 5.29. The van der Waals surface area contributed by atoms with E-state index in [2.05, 4.69) is 50.7 Å². The summed E-state index contributed by atoms with van der Waals surface area (Å²) in [7, 11) is 0. The number of halogens is 3. The summed E-state index contributed by atoms with van der Waals surface area (Å²) in [6, 6.07) is 5.83. The largest absolute Gasteiger partial charge is 0.421 e. The number of hydrogen-bond donors (Lipinski definition) is 3. The van der Waals surface area contributed by atoms with Crippen molar-refractivity contribution in [3.63, 3.8) is 0 Å². The first-order valence-corrected chi connectivity index (χ1v) is 11.2. The van der Waals surface area contributed by atoms with Gasteiger partial charge in [0.05, 0.1) is 0 Å². The molecule has 3 aromatic rings. The molecule has 3 N–H and O–H groups in total. The monoisotopic (exact) mass is 458 g/mol. The predicted octanol–water partition coefficient (Wildman–Crippen LogP) is 6.92. The fourth-order valence-corrected chi connectivity index (χ4v) is 4.45. The van der Waals surface area contributed by atoms with Crippen molar-refractivity contribution < 1.29 is 13.2 Å². The quantitative estimate of drug-likeness (QED) is 0.387. The average Bonchev–Trinajstić information content (AvgIpc) is 3.15. The number of aryl methyl sites for hydroxylation is 3. The van der Waals surface area contributed by atoms with Gasteiger partial charge in [0.15, 0.2) is 5.82 Å². The fourth-order valence-electron chi connectivity index (χ4n) is 4.45. The van der Waals surface area contributed by atoms with E-state index < -0.39 is 11.7 Å². The van der Waals surface area contributed by atoms with Gasteiger partial charge in [0.25, 0.3) is 0 Å². The SMILES string of the molecule is Cc1cc(Nc2nc(Nc3cc(C)c([C@H]4CC[C@@H](C)CC4)cc3C)ncc2C(F)(F)F)n[nH]1. The minimum atomic E-state index is -4.60. The fraction of sp³-hybridized carbons (Fsp3) is 0.458. The molecule has 1 fully saturated rings. The van der Waals surface area contributed by atoms with Crippen molar-refractivity contribution in [2.24, 2.45) is 5.92 Å². The molecule has 2 aromatic heterocycles. The molecule has 0 aliphatic heterocycles. The molecular formula is C24H29F3N6. The molecule has 0 radical (unpaired) electrons. The maximum atomic E-state index is 13.5. The predicted molar refractivity (Wildman–Crippen MR) is 123 cm³/mol. The van der Waals surface area contributed by atoms with E-state index in [4.69, 9.17) is 0 Å². The first-order chi connectivity index (χ1) is 15.6. The second-order valence-electron chi connectivity index (χ2n) is 9.12. The van der Waals surface area contributed by atoms with Gasteiger partial charge in [0.1, 0.15) is 11.4 Å². The van der Waals surface area contributed by atoms with Crippen LogP contribution in [0.25, 0.3) is 0 Å².